The number of thiophene rings is 1. The Morgan fingerprint density at radius 3 is 2.60 bits per heavy atom. The van der Waals surface area contributed by atoms with Crippen molar-refractivity contribution in [3.8, 4) is 17.2 Å². The van der Waals surface area contributed by atoms with Gasteiger partial charge in [0.1, 0.15) is 5.00 Å². The molecule has 2 aromatic carbocycles. The highest BCUT2D eigenvalue weighted by Gasteiger charge is 2.24. The molecule has 35 heavy (non-hydrogen) atoms. The number of esters is 1. The van der Waals surface area contributed by atoms with E-state index in [1.165, 1.54) is 14.2 Å². The van der Waals surface area contributed by atoms with E-state index in [2.05, 4.69) is 10.4 Å². The summed E-state index contributed by atoms with van der Waals surface area (Å²) < 4.78 is 16.8. The number of para-hydroxylation sites is 1. The third kappa shape index (κ3) is 4.58. The third-order valence-electron chi connectivity index (χ3n) is 5.05. The smallest absolute Gasteiger partial charge is 0.359 e. The number of carbonyl (C=O) groups is 2. The van der Waals surface area contributed by atoms with Crippen molar-refractivity contribution in [1.82, 2.24) is 9.78 Å². The van der Waals surface area contributed by atoms with Crippen LogP contribution in [0.25, 0.3) is 16.5 Å². The summed E-state index contributed by atoms with van der Waals surface area (Å²) in [5, 5.41) is 9.61. The molecule has 4 aromatic rings. The predicted molar refractivity (Wildman–Crippen MR) is 134 cm³/mol. The van der Waals surface area contributed by atoms with Gasteiger partial charge in [-0.15, -0.1) is 11.3 Å². The standard InChI is InChI=1S/C24H20ClN3O6S/c1-4-34-24(31)19-16-12-35-22(26-21(29)15-9-6-10-17(32-2)20(15)33-3)18(16)23(30)28(27-19)14-8-5-7-13(25)11-14/h5-12H,4H2,1-3H3,(H,26,29). The van der Waals surface area contributed by atoms with Crippen LogP contribution in [0.5, 0.6) is 11.5 Å². The molecule has 2 heterocycles. The molecule has 180 valence electrons. The first-order valence-electron chi connectivity index (χ1n) is 10.4. The molecule has 0 bridgehead atoms. The predicted octanol–water partition coefficient (Wildman–Crippen LogP) is 4.55. The Bertz CT molecular complexity index is 1500. The topological polar surface area (TPSA) is 109 Å². The molecule has 11 heteroatoms. The number of halogens is 1. The molecule has 1 amide bonds. The van der Waals surface area contributed by atoms with Crippen LogP contribution in [0.1, 0.15) is 27.8 Å². The van der Waals surface area contributed by atoms with Crippen molar-refractivity contribution in [3.63, 3.8) is 0 Å². The van der Waals surface area contributed by atoms with E-state index in [9.17, 15) is 14.4 Å². The molecule has 9 nitrogen and oxygen atoms in total. The van der Waals surface area contributed by atoms with Gasteiger partial charge in [0.25, 0.3) is 11.5 Å². The fourth-order valence-electron chi connectivity index (χ4n) is 3.51. The van der Waals surface area contributed by atoms with Gasteiger partial charge < -0.3 is 19.5 Å². The first-order chi connectivity index (χ1) is 16.9. The first kappa shape index (κ1) is 24.2. The molecule has 2 aromatic heterocycles. The molecule has 0 unspecified atom stereocenters. The van der Waals surface area contributed by atoms with Crippen LogP contribution in [0.3, 0.4) is 0 Å². The van der Waals surface area contributed by atoms with Gasteiger partial charge in [-0.1, -0.05) is 23.7 Å². The van der Waals surface area contributed by atoms with Crippen molar-refractivity contribution in [3.05, 3.63) is 74.5 Å². The molecule has 0 aliphatic rings. The first-order valence-corrected chi connectivity index (χ1v) is 11.6. The number of nitrogens with zero attached hydrogens (tertiary/aromatic N) is 2. The summed E-state index contributed by atoms with van der Waals surface area (Å²) >= 11 is 7.19. The van der Waals surface area contributed by atoms with Crippen LogP contribution in [-0.2, 0) is 4.74 Å². The van der Waals surface area contributed by atoms with Gasteiger partial charge in [-0.2, -0.15) is 9.78 Å². The van der Waals surface area contributed by atoms with Crippen LogP contribution in [0.4, 0.5) is 5.00 Å². The molecule has 0 aliphatic carbocycles. The second kappa shape index (κ2) is 10.2. The number of ether oxygens (including phenoxy) is 3. The zero-order valence-electron chi connectivity index (χ0n) is 19.0. The number of carbonyl (C=O) groups excluding carboxylic acids is 2. The number of fused-ring (bicyclic) bond motifs is 1. The number of rotatable bonds is 7. The van der Waals surface area contributed by atoms with Gasteiger partial charge in [0.2, 0.25) is 0 Å². The van der Waals surface area contributed by atoms with Crippen molar-refractivity contribution in [2.45, 2.75) is 6.92 Å². The fourth-order valence-corrected chi connectivity index (χ4v) is 4.63. The quantitative estimate of drug-likeness (QED) is 0.361. The van der Waals surface area contributed by atoms with Gasteiger partial charge >= 0.3 is 5.97 Å². The number of aromatic nitrogens is 2. The molecule has 0 spiro atoms. The largest absolute Gasteiger partial charge is 0.493 e. The van der Waals surface area contributed by atoms with E-state index in [0.717, 1.165) is 16.0 Å². The highest BCUT2D eigenvalue weighted by molar-refractivity contribution is 7.16. The maximum atomic E-state index is 13.5. The zero-order chi connectivity index (χ0) is 25.1. The lowest BCUT2D eigenvalue weighted by Crippen LogP contribution is -2.25. The van der Waals surface area contributed by atoms with Crippen LogP contribution in [0.2, 0.25) is 5.02 Å². The van der Waals surface area contributed by atoms with Crippen LogP contribution < -0.4 is 20.3 Å². The molecular weight excluding hydrogens is 494 g/mol. The third-order valence-corrected chi connectivity index (χ3v) is 6.18. The van der Waals surface area contributed by atoms with Crippen LogP contribution in [0, 0.1) is 0 Å². The van der Waals surface area contributed by atoms with Gasteiger partial charge in [0, 0.05) is 15.8 Å². The number of nitrogens with one attached hydrogen (secondary N) is 1. The summed E-state index contributed by atoms with van der Waals surface area (Å²) in [6.45, 7) is 1.80. The summed E-state index contributed by atoms with van der Waals surface area (Å²) in [7, 11) is 2.89. The lowest BCUT2D eigenvalue weighted by atomic mass is 10.1. The molecule has 0 fully saturated rings. The Kier molecular flexibility index (Phi) is 7.04. The lowest BCUT2D eigenvalue weighted by molar-refractivity contribution is 0.0520. The normalized spacial score (nSPS) is 10.7. The number of methoxy groups -OCH3 is 2. The van der Waals surface area contributed by atoms with Gasteiger partial charge in [-0.25, -0.2) is 4.79 Å². The molecule has 1 N–H and O–H groups in total. The minimum absolute atomic E-state index is 0.0582. The second-order valence-corrected chi connectivity index (χ2v) is 8.43. The van der Waals surface area contributed by atoms with E-state index in [1.54, 1.807) is 54.8 Å². The lowest BCUT2D eigenvalue weighted by Gasteiger charge is -2.12. The van der Waals surface area contributed by atoms with E-state index in [-0.39, 0.29) is 39.4 Å². The molecule has 0 aliphatic heterocycles. The Balaban J connectivity index is 1.88. The average molecular weight is 514 g/mol. The van der Waals surface area contributed by atoms with E-state index < -0.39 is 17.4 Å². The summed E-state index contributed by atoms with van der Waals surface area (Å²) in [6, 6.07) is 11.4. The molecule has 0 saturated heterocycles. The molecular formula is C24H20ClN3O6S. The fraction of sp³-hybridized carbons (Fsp3) is 0.167. The summed E-state index contributed by atoms with van der Waals surface area (Å²) in [6.07, 6.45) is 0. The number of hydrogen-bond acceptors (Lipinski definition) is 8. The van der Waals surface area contributed by atoms with Gasteiger partial charge in [-0.3, -0.25) is 9.59 Å². The van der Waals surface area contributed by atoms with Gasteiger partial charge in [0.15, 0.2) is 17.2 Å². The Morgan fingerprint density at radius 1 is 1.14 bits per heavy atom. The maximum absolute atomic E-state index is 13.5. The van der Waals surface area contributed by atoms with E-state index in [4.69, 9.17) is 25.8 Å². The summed E-state index contributed by atoms with van der Waals surface area (Å²) in [5.41, 5.74) is -0.0299. The number of anilines is 1. The minimum atomic E-state index is -0.696. The zero-order valence-corrected chi connectivity index (χ0v) is 20.5. The van der Waals surface area contributed by atoms with Crippen molar-refractivity contribution in [2.75, 3.05) is 26.1 Å². The van der Waals surface area contributed by atoms with Crippen LogP contribution >= 0.6 is 22.9 Å². The van der Waals surface area contributed by atoms with Crippen LogP contribution in [-0.4, -0.2) is 42.5 Å². The van der Waals surface area contributed by atoms with Crippen molar-refractivity contribution in [2.24, 2.45) is 0 Å². The van der Waals surface area contributed by atoms with E-state index in [0.29, 0.717) is 16.5 Å². The Morgan fingerprint density at radius 2 is 1.91 bits per heavy atom. The molecule has 4 rings (SSSR count). The SMILES string of the molecule is CCOC(=O)c1nn(-c2cccc(Cl)c2)c(=O)c2c(NC(=O)c3cccc(OC)c3OC)scc12. The Hall–Kier alpha value is -3.89. The van der Waals surface area contributed by atoms with E-state index in [1.807, 2.05) is 0 Å². The molecule has 0 saturated carbocycles. The molecule has 0 atom stereocenters. The van der Waals surface area contributed by atoms with Crippen LogP contribution in [0.15, 0.2) is 52.6 Å². The Labute approximate surface area is 208 Å². The highest BCUT2D eigenvalue weighted by Crippen LogP contribution is 2.34. The minimum Gasteiger partial charge on any atom is -0.493 e. The second-order valence-electron chi connectivity index (χ2n) is 7.11. The van der Waals surface area contributed by atoms with E-state index >= 15 is 0 Å². The summed E-state index contributed by atoms with van der Waals surface area (Å²) in [5.74, 6) is -0.585. The van der Waals surface area contributed by atoms with Gasteiger partial charge in [0.05, 0.1) is 37.5 Å². The molecule has 0 radical (unpaired) electrons. The number of benzene rings is 2. The van der Waals surface area contributed by atoms with Gasteiger partial charge in [-0.05, 0) is 37.3 Å². The number of amides is 1. The summed E-state index contributed by atoms with van der Waals surface area (Å²) in [4.78, 5) is 39.4. The highest BCUT2D eigenvalue weighted by atomic mass is 35.5. The van der Waals surface area contributed by atoms with Crippen molar-refractivity contribution in [1.29, 1.82) is 0 Å². The van der Waals surface area contributed by atoms with Crippen molar-refractivity contribution < 1.29 is 23.8 Å². The number of hydrogen-bond donors (Lipinski definition) is 1. The monoisotopic (exact) mass is 513 g/mol. The van der Waals surface area contributed by atoms with Crippen molar-refractivity contribution >= 4 is 50.6 Å². The maximum Gasteiger partial charge on any atom is 0.359 e. The average Bonchev–Trinajstić information content (AvgIpc) is 3.27.